The number of nitrogens with zero attached hydrogens (tertiary/aromatic N) is 4. The number of hydrazone groups is 1. The largest absolute Gasteiger partial charge is 0.318 e. The van der Waals surface area contributed by atoms with Gasteiger partial charge in [-0.1, -0.05) is 23.7 Å². The second kappa shape index (κ2) is 10.1. The number of amides is 1. The number of anilines is 1. The molecule has 34 heavy (non-hydrogen) atoms. The van der Waals surface area contributed by atoms with Crippen LogP contribution in [0, 0.1) is 24.0 Å². The summed E-state index contributed by atoms with van der Waals surface area (Å²) < 4.78 is 27.2. The monoisotopic (exact) mass is 503 g/mol. The zero-order chi connectivity index (χ0) is 25.0. The van der Waals surface area contributed by atoms with E-state index in [4.69, 9.17) is 11.6 Å². The van der Waals surface area contributed by atoms with E-state index < -0.39 is 27.4 Å². The summed E-state index contributed by atoms with van der Waals surface area (Å²) >= 11 is 6.10. The summed E-state index contributed by atoms with van der Waals surface area (Å²) in [4.78, 5) is 22.8. The minimum absolute atomic E-state index is 0.000831. The Labute approximate surface area is 201 Å². The number of halogens is 1. The van der Waals surface area contributed by atoms with Gasteiger partial charge in [0.25, 0.3) is 11.6 Å². The van der Waals surface area contributed by atoms with Crippen LogP contribution in [-0.4, -0.2) is 42.8 Å². The van der Waals surface area contributed by atoms with Crippen LogP contribution in [0.15, 0.2) is 59.7 Å². The van der Waals surface area contributed by atoms with Crippen molar-refractivity contribution >= 4 is 45.1 Å². The van der Waals surface area contributed by atoms with Gasteiger partial charge in [0, 0.05) is 39.8 Å². The fourth-order valence-electron chi connectivity index (χ4n) is 3.43. The van der Waals surface area contributed by atoms with Crippen molar-refractivity contribution < 1.29 is 18.1 Å². The number of sulfonamides is 1. The molecule has 3 aromatic rings. The zero-order valence-corrected chi connectivity index (χ0v) is 20.2. The van der Waals surface area contributed by atoms with E-state index in [0.29, 0.717) is 5.02 Å². The summed E-state index contributed by atoms with van der Waals surface area (Å²) in [6.45, 7) is 3.22. The Hall–Kier alpha value is -3.70. The molecule has 1 amide bonds. The molecular weight excluding hydrogens is 482 g/mol. The number of non-ortho nitro benzene ring substituents is 1. The van der Waals surface area contributed by atoms with E-state index in [1.807, 2.05) is 42.7 Å². The van der Waals surface area contributed by atoms with E-state index in [9.17, 15) is 23.3 Å². The number of aromatic nitrogens is 1. The summed E-state index contributed by atoms with van der Waals surface area (Å²) in [5.41, 5.74) is 5.44. The van der Waals surface area contributed by atoms with E-state index in [2.05, 4.69) is 10.5 Å². The number of rotatable bonds is 8. The normalized spacial score (nSPS) is 11.5. The van der Waals surface area contributed by atoms with Gasteiger partial charge < -0.3 is 4.57 Å². The van der Waals surface area contributed by atoms with Crippen LogP contribution in [0.1, 0.15) is 17.0 Å². The molecule has 3 rings (SSSR count). The van der Waals surface area contributed by atoms with Crippen LogP contribution in [0.4, 0.5) is 11.4 Å². The van der Waals surface area contributed by atoms with Gasteiger partial charge in [-0.25, -0.2) is 13.8 Å². The highest BCUT2D eigenvalue weighted by atomic mass is 35.5. The number of carbonyl (C=O) groups excluding carboxylic acids is 1. The minimum Gasteiger partial charge on any atom is -0.318 e. The molecule has 2 aromatic carbocycles. The molecule has 12 heteroatoms. The maximum atomic E-state index is 12.4. The van der Waals surface area contributed by atoms with Crippen molar-refractivity contribution in [2.24, 2.45) is 5.10 Å². The van der Waals surface area contributed by atoms with Gasteiger partial charge in [-0.3, -0.25) is 19.2 Å². The van der Waals surface area contributed by atoms with Crippen LogP contribution in [0.2, 0.25) is 5.02 Å². The van der Waals surface area contributed by atoms with Crippen molar-refractivity contribution in [2.45, 2.75) is 13.8 Å². The molecule has 0 aliphatic heterocycles. The molecule has 0 aliphatic carbocycles. The Kier molecular flexibility index (Phi) is 7.38. The molecule has 10 nitrogen and oxygen atoms in total. The van der Waals surface area contributed by atoms with Crippen molar-refractivity contribution in [3.63, 3.8) is 0 Å². The zero-order valence-electron chi connectivity index (χ0n) is 18.6. The lowest BCUT2D eigenvalue weighted by Crippen LogP contribution is -2.39. The topological polar surface area (TPSA) is 127 Å². The molecule has 0 bridgehead atoms. The number of nitrogens with one attached hydrogen (secondary N) is 1. The molecule has 0 radical (unpaired) electrons. The maximum absolute atomic E-state index is 12.4. The van der Waals surface area contributed by atoms with Crippen molar-refractivity contribution in [2.75, 3.05) is 17.1 Å². The molecule has 0 saturated carbocycles. The van der Waals surface area contributed by atoms with Crippen LogP contribution in [0.25, 0.3) is 5.69 Å². The van der Waals surface area contributed by atoms with Gasteiger partial charge in [0.2, 0.25) is 10.0 Å². The van der Waals surface area contributed by atoms with Gasteiger partial charge in [0.1, 0.15) is 6.54 Å². The number of nitro groups is 1. The van der Waals surface area contributed by atoms with Crippen LogP contribution in [-0.2, 0) is 14.8 Å². The molecular formula is C22H22ClN5O5S. The average molecular weight is 504 g/mol. The second-order valence-electron chi connectivity index (χ2n) is 7.48. The van der Waals surface area contributed by atoms with E-state index >= 15 is 0 Å². The third-order valence-corrected chi connectivity index (χ3v) is 6.32. The molecule has 1 heterocycles. The first-order valence-electron chi connectivity index (χ1n) is 9.96. The van der Waals surface area contributed by atoms with Crippen molar-refractivity contribution in [1.82, 2.24) is 9.99 Å². The summed E-state index contributed by atoms with van der Waals surface area (Å²) in [7, 11) is -3.89. The van der Waals surface area contributed by atoms with Gasteiger partial charge >= 0.3 is 0 Å². The molecule has 0 spiro atoms. The first kappa shape index (κ1) is 24.9. The Morgan fingerprint density at radius 3 is 2.56 bits per heavy atom. The fraction of sp³-hybridized carbons (Fsp3) is 0.182. The number of hydrogen-bond donors (Lipinski definition) is 1. The number of carbonyl (C=O) groups is 1. The number of benzene rings is 2. The van der Waals surface area contributed by atoms with E-state index in [-0.39, 0.29) is 11.4 Å². The predicted octanol–water partition coefficient (Wildman–Crippen LogP) is 3.57. The lowest BCUT2D eigenvalue weighted by Gasteiger charge is -2.21. The van der Waals surface area contributed by atoms with E-state index in [0.717, 1.165) is 39.3 Å². The quantitative estimate of drug-likeness (QED) is 0.285. The molecule has 0 saturated heterocycles. The first-order valence-corrected chi connectivity index (χ1v) is 12.2. The minimum atomic E-state index is -3.89. The Morgan fingerprint density at radius 1 is 1.21 bits per heavy atom. The van der Waals surface area contributed by atoms with Gasteiger partial charge in [0.15, 0.2) is 0 Å². The standard InChI is InChI=1S/C22H22ClN5O5S/c1-15-10-17(16(2)27(15)20-8-4-6-18(23)11-20)13-24-25-22(29)14-26(34(3,32)33)19-7-5-9-21(12-19)28(30)31/h4-13H,14H2,1-3H3,(H,25,29)/b24-13-. The summed E-state index contributed by atoms with van der Waals surface area (Å²) in [6, 6.07) is 14.3. The van der Waals surface area contributed by atoms with Crippen molar-refractivity contribution in [3.8, 4) is 5.69 Å². The SMILES string of the molecule is Cc1cc(/C=N\NC(=O)CN(c2cccc([N+](=O)[O-])c2)S(C)(=O)=O)c(C)n1-c1cccc(Cl)c1. The Balaban J connectivity index is 1.76. The molecule has 0 fully saturated rings. The summed E-state index contributed by atoms with van der Waals surface area (Å²) in [6.07, 6.45) is 2.37. The highest BCUT2D eigenvalue weighted by Crippen LogP contribution is 2.23. The first-order chi connectivity index (χ1) is 16.0. The van der Waals surface area contributed by atoms with Gasteiger partial charge in [-0.2, -0.15) is 5.10 Å². The second-order valence-corrected chi connectivity index (χ2v) is 9.82. The summed E-state index contributed by atoms with van der Waals surface area (Å²) in [5, 5.41) is 15.6. The average Bonchev–Trinajstić information content (AvgIpc) is 3.04. The van der Waals surface area contributed by atoms with Crippen molar-refractivity contribution in [1.29, 1.82) is 0 Å². The van der Waals surface area contributed by atoms with Crippen LogP contribution in [0.3, 0.4) is 0 Å². The molecule has 1 aromatic heterocycles. The van der Waals surface area contributed by atoms with Crippen LogP contribution >= 0.6 is 11.6 Å². The Bertz CT molecular complexity index is 1380. The highest BCUT2D eigenvalue weighted by Gasteiger charge is 2.22. The smallest absolute Gasteiger partial charge is 0.271 e. The van der Waals surface area contributed by atoms with E-state index in [1.165, 1.54) is 24.4 Å². The molecule has 0 atom stereocenters. The lowest BCUT2D eigenvalue weighted by molar-refractivity contribution is -0.384. The van der Waals surface area contributed by atoms with Gasteiger partial charge in [-0.05, 0) is 44.2 Å². The van der Waals surface area contributed by atoms with Crippen LogP contribution in [0.5, 0.6) is 0 Å². The summed E-state index contributed by atoms with van der Waals surface area (Å²) in [5.74, 6) is -0.711. The Morgan fingerprint density at radius 2 is 1.91 bits per heavy atom. The van der Waals surface area contributed by atoms with Crippen LogP contribution < -0.4 is 9.73 Å². The number of aryl methyl sites for hydroxylation is 1. The third kappa shape index (κ3) is 5.80. The van der Waals surface area contributed by atoms with E-state index in [1.54, 1.807) is 6.07 Å². The number of hydrogen-bond acceptors (Lipinski definition) is 6. The maximum Gasteiger partial charge on any atom is 0.271 e. The highest BCUT2D eigenvalue weighted by molar-refractivity contribution is 7.92. The van der Waals surface area contributed by atoms with Gasteiger partial charge in [-0.15, -0.1) is 0 Å². The lowest BCUT2D eigenvalue weighted by atomic mass is 10.2. The predicted molar refractivity (Wildman–Crippen MR) is 131 cm³/mol. The van der Waals surface area contributed by atoms with Gasteiger partial charge in [0.05, 0.1) is 23.1 Å². The number of nitro benzene ring substituents is 1. The molecule has 0 unspecified atom stereocenters. The fourth-order valence-corrected chi connectivity index (χ4v) is 4.46. The third-order valence-electron chi connectivity index (χ3n) is 4.95. The molecule has 178 valence electrons. The van der Waals surface area contributed by atoms with Crippen molar-refractivity contribution in [3.05, 3.63) is 86.7 Å². The molecule has 1 N–H and O–H groups in total. The molecule has 0 aliphatic rings.